The summed E-state index contributed by atoms with van der Waals surface area (Å²) in [6.45, 7) is 5.72. The van der Waals surface area contributed by atoms with Crippen molar-refractivity contribution in [2.75, 3.05) is 0 Å². The summed E-state index contributed by atoms with van der Waals surface area (Å²) in [5.74, 6) is -0.390. The summed E-state index contributed by atoms with van der Waals surface area (Å²) in [6, 6.07) is 15.7. The lowest BCUT2D eigenvalue weighted by atomic mass is 10.1. The van der Waals surface area contributed by atoms with Gasteiger partial charge in [-0.2, -0.15) is 4.72 Å². The first-order chi connectivity index (χ1) is 14.8. The summed E-state index contributed by atoms with van der Waals surface area (Å²) in [6.07, 6.45) is 3.56. The Labute approximate surface area is 183 Å². The van der Waals surface area contributed by atoms with Gasteiger partial charge in [-0.15, -0.1) is 0 Å². The van der Waals surface area contributed by atoms with Crippen LogP contribution in [0.25, 0.3) is 0 Å². The molecule has 0 saturated carbocycles. The molecule has 1 atom stereocenters. The highest BCUT2D eigenvalue weighted by molar-refractivity contribution is 7.89. The van der Waals surface area contributed by atoms with E-state index in [1.807, 2.05) is 55.5 Å². The molecule has 3 aromatic rings. The average molecular weight is 438 g/mol. The first-order valence-corrected chi connectivity index (χ1v) is 11.6. The van der Waals surface area contributed by atoms with Gasteiger partial charge in [-0.1, -0.05) is 54.1 Å². The van der Waals surface area contributed by atoms with Crippen LogP contribution in [0.5, 0.6) is 0 Å². The van der Waals surface area contributed by atoms with Crippen LogP contribution in [0, 0.1) is 20.8 Å². The first-order valence-electron chi connectivity index (χ1n) is 10.1. The minimum Gasteiger partial charge on any atom is -0.351 e. The van der Waals surface area contributed by atoms with Gasteiger partial charge in [0, 0.05) is 18.9 Å². The van der Waals surface area contributed by atoms with Gasteiger partial charge in [0.25, 0.3) is 0 Å². The fourth-order valence-electron chi connectivity index (χ4n) is 3.69. The summed E-state index contributed by atoms with van der Waals surface area (Å²) in [5.41, 5.74) is 3.99. The topological polar surface area (TPSA) is 88.2 Å². The molecular formula is C24H27N3O3S. The number of nitrogens with zero attached hydrogens (tertiary/aromatic N) is 1. The van der Waals surface area contributed by atoms with Gasteiger partial charge in [0.2, 0.25) is 15.9 Å². The van der Waals surface area contributed by atoms with E-state index in [4.69, 9.17) is 0 Å². The predicted octanol–water partition coefficient (Wildman–Crippen LogP) is 3.21. The monoisotopic (exact) mass is 437 g/mol. The van der Waals surface area contributed by atoms with E-state index in [9.17, 15) is 13.2 Å². The molecule has 2 aromatic carbocycles. The highest BCUT2D eigenvalue weighted by Gasteiger charge is 2.28. The number of carbonyl (C=O) groups excluding carboxylic acids is 1. The Morgan fingerprint density at radius 1 is 0.968 bits per heavy atom. The third-order valence-corrected chi connectivity index (χ3v) is 6.74. The first kappa shape index (κ1) is 22.7. The zero-order valence-electron chi connectivity index (χ0n) is 17.9. The van der Waals surface area contributed by atoms with Crippen molar-refractivity contribution in [1.82, 2.24) is 15.0 Å². The number of sulfonamides is 1. The maximum atomic E-state index is 13.3. The third-order valence-electron chi connectivity index (χ3n) is 4.96. The molecule has 0 aliphatic rings. The minimum atomic E-state index is -3.91. The Bertz CT molecular complexity index is 1120. The molecule has 0 saturated heterocycles. The van der Waals surface area contributed by atoms with Crippen LogP contribution in [0.4, 0.5) is 0 Å². The number of amides is 1. The van der Waals surface area contributed by atoms with E-state index in [0.29, 0.717) is 11.1 Å². The van der Waals surface area contributed by atoms with Gasteiger partial charge in [0.1, 0.15) is 6.04 Å². The molecule has 3 rings (SSSR count). The molecule has 0 bridgehead atoms. The van der Waals surface area contributed by atoms with Crippen LogP contribution in [0.3, 0.4) is 0 Å². The Hall–Kier alpha value is -3.03. The summed E-state index contributed by atoms with van der Waals surface area (Å²) in [7, 11) is -3.91. The quantitative estimate of drug-likeness (QED) is 0.566. The number of benzene rings is 2. The predicted molar refractivity (Wildman–Crippen MR) is 121 cm³/mol. The Kier molecular flexibility index (Phi) is 7.20. The molecule has 1 amide bonds. The van der Waals surface area contributed by atoms with Crippen LogP contribution in [0.15, 0.2) is 71.9 Å². The van der Waals surface area contributed by atoms with E-state index in [2.05, 4.69) is 15.0 Å². The zero-order chi connectivity index (χ0) is 22.4. The highest BCUT2D eigenvalue weighted by Crippen LogP contribution is 2.22. The van der Waals surface area contributed by atoms with Crippen molar-refractivity contribution in [2.45, 2.75) is 44.7 Å². The SMILES string of the molecule is Cc1cc(C)c(S(=O)(=O)N[C@@H](Cc2ccccc2)C(=O)NCc2cccnc2)c(C)c1. The summed E-state index contributed by atoms with van der Waals surface area (Å²) < 4.78 is 29.2. The van der Waals surface area contributed by atoms with Crippen LogP contribution in [-0.2, 0) is 27.8 Å². The fourth-order valence-corrected chi connectivity index (χ4v) is 5.34. The standard InChI is InChI=1S/C24H27N3O3S/c1-17-12-18(2)23(19(3)13-17)31(29,30)27-22(14-20-8-5-4-6-9-20)24(28)26-16-21-10-7-11-25-15-21/h4-13,15,22,27H,14,16H2,1-3H3,(H,26,28)/t22-/m0/s1. The zero-order valence-corrected chi connectivity index (χ0v) is 18.7. The van der Waals surface area contributed by atoms with Crippen molar-refractivity contribution in [1.29, 1.82) is 0 Å². The molecule has 7 heteroatoms. The van der Waals surface area contributed by atoms with Crippen LogP contribution in [0.2, 0.25) is 0 Å². The molecule has 162 valence electrons. The summed E-state index contributed by atoms with van der Waals surface area (Å²) in [4.78, 5) is 17.3. The molecule has 2 N–H and O–H groups in total. The lowest BCUT2D eigenvalue weighted by Gasteiger charge is -2.20. The summed E-state index contributed by atoms with van der Waals surface area (Å²) >= 11 is 0. The van der Waals surface area contributed by atoms with E-state index in [-0.39, 0.29) is 17.9 Å². The van der Waals surface area contributed by atoms with Gasteiger partial charge >= 0.3 is 0 Å². The Morgan fingerprint density at radius 3 is 2.23 bits per heavy atom. The number of hydrogen-bond acceptors (Lipinski definition) is 4. The maximum Gasteiger partial charge on any atom is 0.241 e. The molecule has 1 aromatic heterocycles. The Morgan fingerprint density at radius 2 is 1.61 bits per heavy atom. The molecular weight excluding hydrogens is 410 g/mol. The second-order valence-electron chi connectivity index (χ2n) is 7.67. The molecule has 31 heavy (non-hydrogen) atoms. The van der Waals surface area contributed by atoms with Crippen molar-refractivity contribution in [3.8, 4) is 0 Å². The second-order valence-corrected chi connectivity index (χ2v) is 9.32. The normalized spacial score (nSPS) is 12.4. The van der Waals surface area contributed by atoms with Crippen LogP contribution in [-0.4, -0.2) is 25.4 Å². The van der Waals surface area contributed by atoms with E-state index in [1.165, 1.54) is 0 Å². The fraction of sp³-hybridized carbons (Fsp3) is 0.250. The molecule has 0 aliphatic carbocycles. The van der Waals surface area contributed by atoms with Crippen LogP contribution >= 0.6 is 0 Å². The number of rotatable bonds is 8. The van der Waals surface area contributed by atoms with Crippen LogP contribution < -0.4 is 10.0 Å². The van der Waals surface area contributed by atoms with Crippen molar-refractivity contribution >= 4 is 15.9 Å². The average Bonchev–Trinajstić information content (AvgIpc) is 2.72. The van der Waals surface area contributed by atoms with E-state index < -0.39 is 22.0 Å². The van der Waals surface area contributed by atoms with Gasteiger partial charge < -0.3 is 5.32 Å². The molecule has 0 spiro atoms. The number of hydrogen-bond donors (Lipinski definition) is 2. The maximum absolute atomic E-state index is 13.3. The van der Waals surface area contributed by atoms with E-state index in [1.54, 1.807) is 32.3 Å². The van der Waals surface area contributed by atoms with Crippen molar-refractivity contribution in [3.05, 3.63) is 94.8 Å². The van der Waals surface area contributed by atoms with Gasteiger partial charge in [0.05, 0.1) is 4.90 Å². The molecule has 1 heterocycles. The Balaban J connectivity index is 1.86. The number of nitrogens with one attached hydrogen (secondary N) is 2. The lowest BCUT2D eigenvalue weighted by Crippen LogP contribution is -2.48. The molecule has 0 unspecified atom stereocenters. The number of aryl methyl sites for hydroxylation is 3. The minimum absolute atomic E-state index is 0.219. The molecule has 0 aliphatic heterocycles. The third kappa shape index (κ3) is 5.99. The highest BCUT2D eigenvalue weighted by atomic mass is 32.2. The number of pyridine rings is 1. The van der Waals surface area contributed by atoms with Crippen molar-refractivity contribution in [2.24, 2.45) is 0 Å². The molecule has 0 fully saturated rings. The molecule has 6 nitrogen and oxygen atoms in total. The van der Waals surface area contributed by atoms with Crippen LogP contribution in [0.1, 0.15) is 27.8 Å². The van der Waals surface area contributed by atoms with Gasteiger partial charge in [0.15, 0.2) is 0 Å². The van der Waals surface area contributed by atoms with Gasteiger partial charge in [-0.05, 0) is 55.5 Å². The van der Waals surface area contributed by atoms with E-state index in [0.717, 1.165) is 16.7 Å². The summed E-state index contributed by atoms with van der Waals surface area (Å²) in [5, 5.41) is 2.83. The number of carbonyl (C=O) groups is 1. The molecule has 0 radical (unpaired) electrons. The van der Waals surface area contributed by atoms with Crippen molar-refractivity contribution < 1.29 is 13.2 Å². The number of aromatic nitrogens is 1. The second kappa shape index (κ2) is 9.85. The van der Waals surface area contributed by atoms with Crippen molar-refractivity contribution in [3.63, 3.8) is 0 Å². The lowest BCUT2D eigenvalue weighted by molar-refractivity contribution is -0.122. The van der Waals surface area contributed by atoms with Gasteiger partial charge in [-0.3, -0.25) is 9.78 Å². The van der Waals surface area contributed by atoms with Gasteiger partial charge in [-0.25, -0.2) is 8.42 Å². The largest absolute Gasteiger partial charge is 0.351 e. The smallest absolute Gasteiger partial charge is 0.241 e. The van der Waals surface area contributed by atoms with E-state index >= 15 is 0 Å².